The first-order chi connectivity index (χ1) is 10.0. The lowest BCUT2D eigenvalue weighted by Crippen LogP contribution is -2.11. The van der Waals surface area contributed by atoms with Crippen LogP contribution < -0.4 is 0 Å². The van der Waals surface area contributed by atoms with Gasteiger partial charge in [-0.05, 0) is 36.8 Å². The SMILES string of the molecule is CCCCCCC(Br)CC(Br)CC(C)c1ccccc1O. The summed E-state index contributed by atoms with van der Waals surface area (Å²) in [5.41, 5.74) is 1.05. The fourth-order valence-corrected chi connectivity index (χ4v) is 4.99. The first-order valence-electron chi connectivity index (χ1n) is 8.10. The summed E-state index contributed by atoms with van der Waals surface area (Å²) >= 11 is 7.62. The van der Waals surface area contributed by atoms with Crippen molar-refractivity contribution in [3.63, 3.8) is 0 Å². The zero-order valence-corrected chi connectivity index (χ0v) is 16.4. The highest BCUT2D eigenvalue weighted by Gasteiger charge is 2.17. The second kappa shape index (κ2) is 10.7. The van der Waals surface area contributed by atoms with Gasteiger partial charge in [-0.3, -0.25) is 0 Å². The van der Waals surface area contributed by atoms with Gasteiger partial charge >= 0.3 is 0 Å². The number of halogens is 2. The predicted molar refractivity (Wildman–Crippen MR) is 99.9 cm³/mol. The molecule has 1 aromatic carbocycles. The van der Waals surface area contributed by atoms with E-state index in [1.165, 1.54) is 32.1 Å². The molecule has 0 aliphatic heterocycles. The third-order valence-electron chi connectivity index (χ3n) is 3.96. The summed E-state index contributed by atoms with van der Waals surface area (Å²) in [4.78, 5) is 1.08. The van der Waals surface area contributed by atoms with E-state index in [4.69, 9.17) is 0 Å². The van der Waals surface area contributed by atoms with Crippen LogP contribution >= 0.6 is 31.9 Å². The van der Waals surface area contributed by atoms with Crippen LogP contribution in [0.3, 0.4) is 0 Å². The molecular weight excluding hydrogens is 392 g/mol. The average molecular weight is 420 g/mol. The van der Waals surface area contributed by atoms with Crippen molar-refractivity contribution in [3.8, 4) is 5.75 Å². The van der Waals surface area contributed by atoms with Crippen molar-refractivity contribution in [1.29, 1.82) is 0 Å². The van der Waals surface area contributed by atoms with Gasteiger partial charge in [-0.15, -0.1) is 0 Å². The third kappa shape index (κ3) is 7.69. The number of unbranched alkanes of at least 4 members (excludes halogenated alkanes) is 3. The van der Waals surface area contributed by atoms with Crippen molar-refractivity contribution in [2.75, 3.05) is 0 Å². The van der Waals surface area contributed by atoms with E-state index < -0.39 is 0 Å². The van der Waals surface area contributed by atoms with E-state index in [-0.39, 0.29) is 0 Å². The van der Waals surface area contributed by atoms with E-state index in [1.54, 1.807) is 6.07 Å². The normalized spacial score (nSPS) is 15.6. The van der Waals surface area contributed by atoms with E-state index in [9.17, 15) is 5.11 Å². The molecule has 0 amide bonds. The Balaban J connectivity index is 2.32. The smallest absolute Gasteiger partial charge is 0.119 e. The van der Waals surface area contributed by atoms with Gasteiger partial charge in [0.15, 0.2) is 0 Å². The zero-order valence-electron chi connectivity index (χ0n) is 13.2. The third-order valence-corrected chi connectivity index (χ3v) is 5.54. The lowest BCUT2D eigenvalue weighted by atomic mass is 9.94. The molecule has 0 aliphatic rings. The van der Waals surface area contributed by atoms with Crippen LogP contribution in [-0.4, -0.2) is 14.8 Å². The van der Waals surface area contributed by atoms with E-state index in [2.05, 4.69) is 45.7 Å². The molecule has 3 heteroatoms. The number of phenolic OH excluding ortho intramolecular Hbond substituents is 1. The number of hydrogen-bond acceptors (Lipinski definition) is 1. The summed E-state index contributed by atoms with van der Waals surface area (Å²) in [7, 11) is 0. The monoisotopic (exact) mass is 418 g/mol. The molecule has 1 rings (SSSR count). The van der Waals surface area contributed by atoms with E-state index in [0.717, 1.165) is 18.4 Å². The standard InChI is InChI=1S/C18H28Br2O/c1-3-4-5-6-9-15(19)13-16(20)12-14(2)17-10-7-8-11-18(17)21/h7-8,10-11,14-16,21H,3-6,9,12-13H2,1-2H3. The van der Waals surface area contributed by atoms with E-state index in [0.29, 0.717) is 21.3 Å². The maximum Gasteiger partial charge on any atom is 0.119 e. The first kappa shape index (κ1) is 19.0. The molecule has 3 unspecified atom stereocenters. The first-order valence-corrected chi connectivity index (χ1v) is 9.93. The van der Waals surface area contributed by atoms with Crippen LogP contribution in [-0.2, 0) is 0 Å². The molecule has 1 N–H and O–H groups in total. The highest BCUT2D eigenvalue weighted by molar-refractivity contribution is 9.10. The molecule has 0 spiro atoms. The topological polar surface area (TPSA) is 20.2 Å². The summed E-state index contributed by atoms with van der Waals surface area (Å²) in [6.45, 7) is 4.44. The molecule has 1 aromatic rings. The number of benzene rings is 1. The molecule has 1 nitrogen and oxygen atoms in total. The molecule has 0 saturated carbocycles. The minimum atomic E-state index is 0.371. The van der Waals surface area contributed by atoms with Gasteiger partial charge in [-0.2, -0.15) is 0 Å². The summed E-state index contributed by atoms with van der Waals surface area (Å²) in [6, 6.07) is 7.67. The number of para-hydroxylation sites is 1. The Kier molecular flexibility index (Phi) is 9.66. The van der Waals surface area contributed by atoms with Crippen LogP contribution in [0.5, 0.6) is 5.75 Å². The van der Waals surface area contributed by atoms with Gasteiger partial charge in [-0.25, -0.2) is 0 Å². The van der Waals surface area contributed by atoms with Crippen LogP contribution in [0.25, 0.3) is 0 Å². The second-order valence-electron chi connectivity index (χ2n) is 5.98. The summed E-state index contributed by atoms with van der Waals surface area (Å²) in [6.07, 6.45) is 8.76. The zero-order chi connectivity index (χ0) is 15.7. The highest BCUT2D eigenvalue weighted by Crippen LogP contribution is 2.32. The van der Waals surface area contributed by atoms with Gasteiger partial charge in [0.25, 0.3) is 0 Å². The van der Waals surface area contributed by atoms with Crippen LogP contribution in [0, 0.1) is 0 Å². The average Bonchev–Trinajstić information content (AvgIpc) is 2.43. The molecule has 120 valence electrons. The fraction of sp³-hybridized carbons (Fsp3) is 0.667. The van der Waals surface area contributed by atoms with E-state index in [1.807, 2.05) is 18.2 Å². The molecule has 0 radical (unpaired) electrons. The number of rotatable bonds is 10. The Morgan fingerprint density at radius 3 is 2.38 bits per heavy atom. The molecular formula is C18H28Br2O. The lowest BCUT2D eigenvalue weighted by molar-refractivity contribution is 0.459. The van der Waals surface area contributed by atoms with Crippen molar-refractivity contribution in [1.82, 2.24) is 0 Å². The molecule has 0 saturated heterocycles. The van der Waals surface area contributed by atoms with Gasteiger partial charge in [0.05, 0.1) is 0 Å². The molecule has 0 fully saturated rings. The van der Waals surface area contributed by atoms with Crippen LogP contribution in [0.15, 0.2) is 24.3 Å². The number of hydrogen-bond donors (Lipinski definition) is 1. The van der Waals surface area contributed by atoms with Gasteiger partial charge in [0.2, 0.25) is 0 Å². The van der Waals surface area contributed by atoms with Gasteiger partial charge in [0.1, 0.15) is 5.75 Å². The molecule has 0 aromatic heterocycles. The van der Waals surface area contributed by atoms with Crippen LogP contribution in [0.1, 0.15) is 70.3 Å². The Labute approximate surface area is 146 Å². The van der Waals surface area contributed by atoms with Crippen molar-refractivity contribution in [2.24, 2.45) is 0 Å². The Morgan fingerprint density at radius 2 is 1.71 bits per heavy atom. The van der Waals surface area contributed by atoms with Crippen molar-refractivity contribution < 1.29 is 5.11 Å². The lowest BCUT2D eigenvalue weighted by Gasteiger charge is -2.19. The predicted octanol–water partition coefficient (Wildman–Crippen LogP) is 6.77. The number of alkyl halides is 2. The summed E-state index contributed by atoms with van der Waals surface area (Å²) < 4.78 is 0. The van der Waals surface area contributed by atoms with E-state index >= 15 is 0 Å². The minimum absolute atomic E-state index is 0.371. The molecule has 21 heavy (non-hydrogen) atoms. The fourth-order valence-electron chi connectivity index (χ4n) is 2.70. The van der Waals surface area contributed by atoms with Gasteiger partial charge in [-0.1, -0.05) is 89.6 Å². The quantitative estimate of drug-likeness (QED) is 0.327. The molecule has 0 heterocycles. The Hall–Kier alpha value is -0.0200. The van der Waals surface area contributed by atoms with Crippen LogP contribution in [0.4, 0.5) is 0 Å². The maximum atomic E-state index is 9.92. The maximum absolute atomic E-state index is 9.92. The van der Waals surface area contributed by atoms with Gasteiger partial charge in [0, 0.05) is 9.65 Å². The Bertz CT molecular complexity index is 395. The largest absolute Gasteiger partial charge is 0.508 e. The van der Waals surface area contributed by atoms with Gasteiger partial charge < -0.3 is 5.11 Å². The molecule has 3 atom stereocenters. The van der Waals surface area contributed by atoms with Crippen molar-refractivity contribution in [2.45, 2.75) is 74.4 Å². The number of aromatic hydroxyl groups is 1. The minimum Gasteiger partial charge on any atom is -0.508 e. The Morgan fingerprint density at radius 1 is 1.00 bits per heavy atom. The molecule has 0 aliphatic carbocycles. The van der Waals surface area contributed by atoms with Crippen molar-refractivity contribution in [3.05, 3.63) is 29.8 Å². The highest BCUT2D eigenvalue weighted by atomic mass is 79.9. The molecule has 0 bridgehead atoms. The van der Waals surface area contributed by atoms with Crippen molar-refractivity contribution >= 4 is 31.9 Å². The number of phenols is 1. The second-order valence-corrected chi connectivity index (χ2v) is 8.57. The summed E-state index contributed by atoms with van der Waals surface area (Å²) in [5.74, 6) is 0.787. The summed E-state index contributed by atoms with van der Waals surface area (Å²) in [5, 5.41) is 9.92. The van der Waals surface area contributed by atoms with Crippen LogP contribution in [0.2, 0.25) is 0 Å².